The normalized spacial score (nSPS) is 11.8. The van der Waals surface area contributed by atoms with Crippen LogP contribution in [0.15, 0.2) is 23.8 Å². The molecule has 0 saturated heterocycles. The van der Waals surface area contributed by atoms with Crippen LogP contribution in [0.2, 0.25) is 0 Å². The molecular weight excluding hydrogens is 167 g/mol. The van der Waals surface area contributed by atoms with Crippen LogP contribution in [0.1, 0.15) is 19.3 Å². The highest BCUT2D eigenvalue weighted by Gasteiger charge is 1.80. The van der Waals surface area contributed by atoms with E-state index in [1.54, 1.807) is 0 Å². The Morgan fingerprint density at radius 1 is 1.10 bits per heavy atom. The van der Waals surface area contributed by atoms with E-state index in [0.717, 1.165) is 25.1 Å². The van der Waals surface area contributed by atoms with Gasteiger partial charge in [-0.25, -0.2) is 0 Å². The van der Waals surface area contributed by atoms with E-state index in [2.05, 4.69) is 6.08 Å². The third-order valence-corrected chi connectivity index (χ3v) is 1.49. The van der Waals surface area contributed by atoms with Crippen LogP contribution in [0.25, 0.3) is 0 Å². The van der Waals surface area contributed by atoms with Crippen molar-refractivity contribution in [1.29, 1.82) is 0 Å². The Kier molecular flexibility index (Phi) is 9.11. The fourth-order valence-electron chi connectivity index (χ4n) is 0.573. The van der Waals surface area contributed by atoms with E-state index in [1.807, 2.05) is 12.2 Å². The van der Waals surface area contributed by atoms with Gasteiger partial charge < -0.3 is 0 Å². The van der Waals surface area contributed by atoms with E-state index in [0.29, 0.717) is 0 Å². The highest BCUT2D eigenvalue weighted by atomic mass is 35.5. The molecular formula is C8H12Cl2. The third-order valence-electron chi connectivity index (χ3n) is 1.07. The van der Waals surface area contributed by atoms with Crippen molar-refractivity contribution < 1.29 is 0 Å². The second-order valence-electron chi connectivity index (χ2n) is 1.93. The van der Waals surface area contributed by atoms with Gasteiger partial charge in [-0.1, -0.05) is 29.8 Å². The highest BCUT2D eigenvalue weighted by Crippen LogP contribution is 1.98. The summed E-state index contributed by atoms with van der Waals surface area (Å²) in [5.41, 5.74) is 1.50. The summed E-state index contributed by atoms with van der Waals surface area (Å²) in [5, 5.41) is 0. The van der Waals surface area contributed by atoms with Crippen LogP contribution in [0.3, 0.4) is 0 Å². The van der Waals surface area contributed by atoms with Crippen molar-refractivity contribution in [1.82, 2.24) is 0 Å². The molecule has 0 aromatic heterocycles. The maximum atomic E-state index is 5.48. The predicted molar refractivity (Wildman–Crippen MR) is 48.7 cm³/mol. The number of alkyl halides is 1. The van der Waals surface area contributed by atoms with E-state index in [9.17, 15) is 0 Å². The van der Waals surface area contributed by atoms with Gasteiger partial charge in [0.25, 0.3) is 0 Å². The molecule has 10 heavy (non-hydrogen) atoms. The predicted octanol–water partition coefficient (Wildman–Crippen LogP) is 3.70. The van der Waals surface area contributed by atoms with Gasteiger partial charge in [-0.05, 0) is 19.3 Å². The summed E-state index contributed by atoms with van der Waals surface area (Å²) < 4.78 is 0. The lowest BCUT2D eigenvalue weighted by Gasteiger charge is -1.88. The Balaban J connectivity index is 3.02. The van der Waals surface area contributed by atoms with Gasteiger partial charge in [-0.2, -0.15) is 0 Å². The lowest BCUT2D eigenvalue weighted by Crippen LogP contribution is -1.73. The topological polar surface area (TPSA) is 0 Å². The van der Waals surface area contributed by atoms with Gasteiger partial charge in [0, 0.05) is 11.4 Å². The van der Waals surface area contributed by atoms with E-state index in [4.69, 9.17) is 23.2 Å². The van der Waals surface area contributed by atoms with Gasteiger partial charge in [-0.15, -0.1) is 11.6 Å². The van der Waals surface area contributed by atoms with Crippen molar-refractivity contribution in [2.24, 2.45) is 0 Å². The van der Waals surface area contributed by atoms with Gasteiger partial charge in [-0.3, -0.25) is 0 Å². The molecule has 0 amide bonds. The summed E-state index contributed by atoms with van der Waals surface area (Å²) in [4.78, 5) is 0. The minimum atomic E-state index is 0.763. The van der Waals surface area contributed by atoms with Crippen molar-refractivity contribution in [2.45, 2.75) is 19.3 Å². The lowest BCUT2D eigenvalue weighted by atomic mass is 10.2. The maximum absolute atomic E-state index is 5.48. The molecule has 0 fully saturated rings. The Morgan fingerprint density at radius 2 is 1.90 bits per heavy atom. The zero-order chi connectivity index (χ0) is 7.66. The Bertz CT molecular complexity index is 106. The molecule has 0 saturated carbocycles. The van der Waals surface area contributed by atoms with Gasteiger partial charge in [0.2, 0.25) is 0 Å². The molecule has 0 radical (unpaired) electrons. The average Bonchev–Trinajstić information content (AvgIpc) is 1.97. The number of allylic oxidation sites excluding steroid dienone is 3. The molecule has 0 nitrogen and oxygen atoms in total. The van der Waals surface area contributed by atoms with E-state index in [-0.39, 0.29) is 0 Å². The number of halogens is 2. The van der Waals surface area contributed by atoms with Gasteiger partial charge in [0.05, 0.1) is 0 Å². The molecule has 0 unspecified atom stereocenters. The molecule has 58 valence electrons. The van der Waals surface area contributed by atoms with Crippen LogP contribution in [0, 0.1) is 0 Å². The van der Waals surface area contributed by atoms with Gasteiger partial charge >= 0.3 is 0 Å². The minimum absolute atomic E-state index is 0.763. The molecule has 0 heterocycles. The summed E-state index contributed by atoms with van der Waals surface area (Å²) in [6.07, 6.45) is 9.19. The van der Waals surface area contributed by atoms with Crippen LogP contribution < -0.4 is 0 Å². The van der Waals surface area contributed by atoms with E-state index < -0.39 is 0 Å². The first-order valence-corrected chi connectivity index (χ1v) is 4.36. The summed E-state index contributed by atoms with van der Waals surface area (Å²) in [5.74, 6) is 0.763. The summed E-state index contributed by atoms with van der Waals surface area (Å²) in [6, 6.07) is 0. The Hall–Kier alpha value is 0.0600. The van der Waals surface area contributed by atoms with Crippen molar-refractivity contribution in [2.75, 3.05) is 5.88 Å². The quantitative estimate of drug-likeness (QED) is 0.343. The minimum Gasteiger partial charge on any atom is -0.127 e. The first kappa shape index (κ1) is 10.1. The van der Waals surface area contributed by atoms with E-state index >= 15 is 0 Å². The molecule has 0 aliphatic carbocycles. The second-order valence-corrected chi connectivity index (χ2v) is 2.56. The van der Waals surface area contributed by atoms with E-state index in [1.165, 1.54) is 5.54 Å². The van der Waals surface area contributed by atoms with Crippen LogP contribution in [-0.2, 0) is 0 Å². The molecule has 0 aliphatic heterocycles. The molecule has 0 aromatic carbocycles. The molecule has 0 aliphatic rings. The molecule has 0 rings (SSSR count). The Labute approximate surface area is 72.5 Å². The standard InChI is InChI=1S/C8H12Cl2/c9-7-5-3-1-2-4-6-8-10/h1,3,5,7H,2,4,6,8H2. The Morgan fingerprint density at radius 3 is 2.50 bits per heavy atom. The van der Waals surface area contributed by atoms with Crippen LogP contribution in [-0.4, -0.2) is 5.88 Å². The van der Waals surface area contributed by atoms with Crippen molar-refractivity contribution in [3.8, 4) is 0 Å². The first-order chi connectivity index (χ1) is 4.91. The lowest BCUT2D eigenvalue weighted by molar-refractivity contribution is 0.820. The second kappa shape index (κ2) is 9.06. The number of hydrogen-bond donors (Lipinski definition) is 0. The molecule has 0 bridgehead atoms. The molecule has 2 heteroatoms. The van der Waals surface area contributed by atoms with Crippen molar-refractivity contribution >= 4 is 23.2 Å². The fraction of sp³-hybridized carbons (Fsp3) is 0.500. The van der Waals surface area contributed by atoms with Gasteiger partial charge in [0.15, 0.2) is 0 Å². The third kappa shape index (κ3) is 8.06. The summed E-state index contributed by atoms with van der Waals surface area (Å²) in [7, 11) is 0. The molecule has 0 N–H and O–H groups in total. The largest absolute Gasteiger partial charge is 0.127 e. The fourth-order valence-corrected chi connectivity index (χ4v) is 0.846. The van der Waals surface area contributed by atoms with Crippen LogP contribution in [0.4, 0.5) is 0 Å². The van der Waals surface area contributed by atoms with Crippen molar-refractivity contribution in [3.63, 3.8) is 0 Å². The molecule has 0 spiro atoms. The number of hydrogen-bond acceptors (Lipinski definition) is 0. The summed E-state index contributed by atoms with van der Waals surface area (Å²) in [6.45, 7) is 0. The molecule has 0 atom stereocenters. The summed E-state index contributed by atoms with van der Waals surface area (Å²) >= 11 is 10.8. The number of rotatable bonds is 5. The number of unbranched alkanes of at least 4 members (excludes halogenated alkanes) is 2. The van der Waals surface area contributed by atoms with Crippen LogP contribution in [0.5, 0.6) is 0 Å². The smallest absolute Gasteiger partial charge is 0.0223 e. The van der Waals surface area contributed by atoms with Crippen molar-refractivity contribution in [3.05, 3.63) is 23.8 Å². The SMILES string of the molecule is ClC=CC=CCCCCCl. The highest BCUT2D eigenvalue weighted by molar-refractivity contribution is 6.25. The monoisotopic (exact) mass is 178 g/mol. The first-order valence-electron chi connectivity index (χ1n) is 3.39. The maximum Gasteiger partial charge on any atom is 0.0223 e. The average molecular weight is 179 g/mol. The zero-order valence-corrected chi connectivity index (χ0v) is 7.41. The van der Waals surface area contributed by atoms with Gasteiger partial charge in [0.1, 0.15) is 0 Å². The molecule has 0 aromatic rings. The zero-order valence-electron chi connectivity index (χ0n) is 5.89. The van der Waals surface area contributed by atoms with Crippen LogP contribution >= 0.6 is 23.2 Å².